The molecule has 0 spiro atoms. The molecule has 1 aliphatic rings. The SMILES string of the molecule is Fc1cc(F)c(C2=NC(CCOc3ccc(OC(F)(F)F)cc3)CO2)c(F)c1. The number of hydrogen-bond acceptors (Lipinski definition) is 4. The maximum Gasteiger partial charge on any atom is 0.573 e. The predicted octanol–water partition coefficient (Wildman–Crippen LogP) is 4.62. The van der Waals surface area contributed by atoms with E-state index in [1.165, 1.54) is 12.1 Å². The van der Waals surface area contributed by atoms with Gasteiger partial charge in [-0.05, 0) is 24.3 Å². The third-order valence-electron chi connectivity index (χ3n) is 3.71. The summed E-state index contributed by atoms with van der Waals surface area (Å²) in [7, 11) is 0. The zero-order valence-electron chi connectivity index (χ0n) is 14.1. The molecule has 0 amide bonds. The summed E-state index contributed by atoms with van der Waals surface area (Å²) in [5.41, 5.74) is -0.537. The molecular formula is C18H13F6NO3. The quantitative estimate of drug-likeness (QED) is 0.659. The molecule has 0 aliphatic carbocycles. The van der Waals surface area contributed by atoms with Crippen LogP contribution in [0.1, 0.15) is 12.0 Å². The molecule has 4 nitrogen and oxygen atoms in total. The van der Waals surface area contributed by atoms with Crippen molar-refractivity contribution < 1.29 is 40.6 Å². The van der Waals surface area contributed by atoms with Gasteiger partial charge in [0.25, 0.3) is 0 Å². The first-order valence-corrected chi connectivity index (χ1v) is 8.05. The lowest BCUT2D eigenvalue weighted by Gasteiger charge is -2.10. The van der Waals surface area contributed by atoms with Crippen LogP contribution >= 0.6 is 0 Å². The number of nitrogens with zero attached hydrogens (tertiary/aromatic N) is 1. The summed E-state index contributed by atoms with van der Waals surface area (Å²) < 4.78 is 91.1. The Morgan fingerprint density at radius 2 is 1.61 bits per heavy atom. The maximum absolute atomic E-state index is 13.8. The van der Waals surface area contributed by atoms with Gasteiger partial charge in [-0.2, -0.15) is 0 Å². The van der Waals surface area contributed by atoms with Crippen molar-refractivity contribution in [3.63, 3.8) is 0 Å². The summed E-state index contributed by atoms with van der Waals surface area (Å²) in [4.78, 5) is 4.06. The summed E-state index contributed by atoms with van der Waals surface area (Å²) >= 11 is 0. The minimum atomic E-state index is -4.77. The van der Waals surface area contributed by atoms with Gasteiger partial charge in [-0.1, -0.05) is 0 Å². The molecule has 3 rings (SSSR count). The van der Waals surface area contributed by atoms with Crippen LogP contribution in [0.3, 0.4) is 0 Å². The summed E-state index contributed by atoms with van der Waals surface area (Å²) in [5, 5.41) is 0. The highest BCUT2D eigenvalue weighted by atomic mass is 19.4. The first-order chi connectivity index (χ1) is 13.2. The third-order valence-corrected chi connectivity index (χ3v) is 3.71. The highest BCUT2D eigenvalue weighted by Gasteiger charge is 2.31. The van der Waals surface area contributed by atoms with E-state index in [9.17, 15) is 26.3 Å². The summed E-state index contributed by atoms with van der Waals surface area (Å²) in [6, 6.07) is 5.47. The number of hydrogen-bond donors (Lipinski definition) is 0. The smallest absolute Gasteiger partial charge is 0.494 e. The first-order valence-electron chi connectivity index (χ1n) is 8.05. The van der Waals surface area contributed by atoms with Crippen molar-refractivity contribution in [3.05, 3.63) is 59.4 Å². The Morgan fingerprint density at radius 1 is 1.00 bits per heavy atom. The van der Waals surface area contributed by atoms with Gasteiger partial charge >= 0.3 is 6.36 Å². The highest BCUT2D eigenvalue weighted by Crippen LogP contribution is 2.25. The minimum Gasteiger partial charge on any atom is -0.494 e. The summed E-state index contributed by atoms with van der Waals surface area (Å²) in [6.07, 6.45) is -4.45. The third kappa shape index (κ3) is 5.08. The van der Waals surface area contributed by atoms with Crippen molar-refractivity contribution >= 4 is 5.90 Å². The number of aliphatic imine (C=N–C) groups is 1. The molecule has 0 fully saturated rings. The fourth-order valence-electron chi connectivity index (χ4n) is 2.50. The largest absolute Gasteiger partial charge is 0.573 e. The van der Waals surface area contributed by atoms with Crippen molar-refractivity contribution in [3.8, 4) is 11.5 Å². The van der Waals surface area contributed by atoms with Gasteiger partial charge in [-0.25, -0.2) is 18.2 Å². The van der Waals surface area contributed by atoms with Gasteiger partial charge in [-0.15, -0.1) is 13.2 Å². The second-order valence-corrected chi connectivity index (χ2v) is 5.80. The molecule has 0 radical (unpaired) electrons. The standard InChI is InChI=1S/C18H13F6NO3/c19-10-7-14(20)16(15(21)8-10)17-25-11(9-27-17)5-6-26-12-1-3-13(4-2-12)28-18(22,23)24/h1-4,7-8,11H,5-6,9H2. The van der Waals surface area contributed by atoms with Gasteiger partial charge in [0.05, 0.1) is 12.6 Å². The number of halogens is 6. The molecule has 28 heavy (non-hydrogen) atoms. The lowest BCUT2D eigenvalue weighted by molar-refractivity contribution is -0.274. The molecule has 150 valence electrons. The average Bonchev–Trinajstić information content (AvgIpc) is 3.02. The average molecular weight is 405 g/mol. The van der Waals surface area contributed by atoms with Crippen molar-refractivity contribution in [1.29, 1.82) is 0 Å². The van der Waals surface area contributed by atoms with Crippen LogP contribution in [0.25, 0.3) is 0 Å². The van der Waals surface area contributed by atoms with Crippen LogP contribution in [0, 0.1) is 17.5 Å². The Balaban J connectivity index is 1.54. The molecule has 10 heteroatoms. The number of ether oxygens (including phenoxy) is 3. The Bertz CT molecular complexity index is 844. The van der Waals surface area contributed by atoms with E-state index in [-0.39, 0.29) is 24.9 Å². The van der Waals surface area contributed by atoms with E-state index < -0.39 is 35.4 Å². The molecule has 2 aromatic rings. The predicted molar refractivity (Wildman–Crippen MR) is 85.8 cm³/mol. The van der Waals surface area contributed by atoms with Crippen molar-refractivity contribution in [1.82, 2.24) is 0 Å². The molecular weight excluding hydrogens is 392 g/mol. The zero-order valence-corrected chi connectivity index (χ0v) is 14.1. The fourth-order valence-corrected chi connectivity index (χ4v) is 2.50. The van der Waals surface area contributed by atoms with E-state index in [0.29, 0.717) is 24.3 Å². The van der Waals surface area contributed by atoms with E-state index in [1.54, 1.807) is 0 Å². The van der Waals surface area contributed by atoms with Crippen molar-refractivity contribution in [2.45, 2.75) is 18.8 Å². The molecule has 0 bridgehead atoms. The van der Waals surface area contributed by atoms with Crippen LogP contribution in [0.2, 0.25) is 0 Å². The Kier molecular flexibility index (Phi) is 5.66. The second kappa shape index (κ2) is 7.99. The van der Waals surface area contributed by atoms with Gasteiger partial charge in [-0.3, -0.25) is 0 Å². The second-order valence-electron chi connectivity index (χ2n) is 5.80. The van der Waals surface area contributed by atoms with Crippen LogP contribution in [0.5, 0.6) is 11.5 Å². The normalized spacial score (nSPS) is 16.5. The Labute approximate surface area is 155 Å². The molecule has 0 aromatic heterocycles. The van der Waals surface area contributed by atoms with E-state index in [1.807, 2.05) is 0 Å². The Morgan fingerprint density at radius 3 is 2.21 bits per heavy atom. The van der Waals surface area contributed by atoms with E-state index in [0.717, 1.165) is 12.1 Å². The van der Waals surface area contributed by atoms with Crippen LogP contribution in [0.4, 0.5) is 26.3 Å². The summed E-state index contributed by atoms with van der Waals surface area (Å²) in [5.74, 6) is -3.60. The lowest BCUT2D eigenvalue weighted by atomic mass is 10.2. The number of benzene rings is 2. The topological polar surface area (TPSA) is 40.0 Å². The monoisotopic (exact) mass is 405 g/mol. The van der Waals surface area contributed by atoms with Crippen LogP contribution in [0.15, 0.2) is 41.4 Å². The van der Waals surface area contributed by atoms with Crippen LogP contribution in [-0.4, -0.2) is 31.5 Å². The molecule has 1 atom stereocenters. The molecule has 1 heterocycles. The van der Waals surface area contributed by atoms with E-state index in [2.05, 4.69) is 9.73 Å². The molecule has 2 aromatic carbocycles. The molecule has 0 saturated heterocycles. The summed E-state index contributed by atoms with van der Waals surface area (Å²) in [6.45, 7) is 0.200. The van der Waals surface area contributed by atoms with Gasteiger partial charge in [0.1, 0.15) is 41.1 Å². The number of rotatable bonds is 6. The highest BCUT2D eigenvalue weighted by molar-refractivity contribution is 5.95. The zero-order chi connectivity index (χ0) is 20.3. The van der Waals surface area contributed by atoms with Crippen molar-refractivity contribution in [2.24, 2.45) is 4.99 Å². The molecule has 0 N–H and O–H groups in total. The van der Waals surface area contributed by atoms with Crippen LogP contribution in [-0.2, 0) is 4.74 Å². The van der Waals surface area contributed by atoms with Gasteiger partial charge < -0.3 is 14.2 Å². The van der Waals surface area contributed by atoms with Crippen LogP contribution < -0.4 is 9.47 Å². The first kappa shape index (κ1) is 19.8. The van der Waals surface area contributed by atoms with Gasteiger partial charge in [0.15, 0.2) is 0 Å². The lowest BCUT2D eigenvalue weighted by Crippen LogP contribution is -2.17. The van der Waals surface area contributed by atoms with E-state index in [4.69, 9.17) is 9.47 Å². The van der Waals surface area contributed by atoms with Gasteiger partial charge in [0.2, 0.25) is 5.90 Å². The molecule has 0 saturated carbocycles. The molecule has 1 unspecified atom stereocenters. The van der Waals surface area contributed by atoms with Gasteiger partial charge in [0, 0.05) is 18.6 Å². The minimum absolute atomic E-state index is 0.0628. The number of alkyl halides is 3. The molecule has 1 aliphatic heterocycles. The maximum atomic E-state index is 13.8. The van der Waals surface area contributed by atoms with E-state index >= 15 is 0 Å². The Hall–Kier alpha value is -2.91. The van der Waals surface area contributed by atoms with Crippen molar-refractivity contribution in [2.75, 3.05) is 13.2 Å². The fraction of sp³-hybridized carbons (Fsp3) is 0.278.